The molecular weight excluding hydrogens is 306 g/mol. The number of carbonyl (C=O) groups excluding carboxylic acids is 1. The Hall–Kier alpha value is -1.65. The van der Waals surface area contributed by atoms with E-state index in [1.807, 2.05) is 31.2 Å². The number of rotatable bonds is 5. The molecule has 1 amide bonds. The molecular formula is C16H16ClNO2S. The van der Waals surface area contributed by atoms with E-state index in [-0.39, 0.29) is 5.91 Å². The Morgan fingerprint density at radius 3 is 2.62 bits per heavy atom. The number of benzene rings is 2. The number of hydrogen-bond acceptors (Lipinski definition) is 3. The molecule has 0 saturated heterocycles. The predicted molar refractivity (Wildman–Crippen MR) is 88.5 cm³/mol. The number of thioether (sulfide) groups is 1. The maximum Gasteiger partial charge on any atom is 0.234 e. The van der Waals surface area contributed by atoms with Crippen molar-refractivity contribution in [1.29, 1.82) is 0 Å². The lowest BCUT2D eigenvalue weighted by molar-refractivity contribution is -0.113. The van der Waals surface area contributed by atoms with Crippen LogP contribution in [0.15, 0.2) is 47.4 Å². The molecule has 0 aliphatic heterocycles. The number of hydrogen-bond donors (Lipinski definition) is 1. The maximum absolute atomic E-state index is 12.0. The fraction of sp³-hybridized carbons (Fsp3) is 0.188. The summed E-state index contributed by atoms with van der Waals surface area (Å²) < 4.78 is 5.20. The Labute approximate surface area is 133 Å². The second-order valence-corrected chi connectivity index (χ2v) is 5.98. The van der Waals surface area contributed by atoms with Crippen LogP contribution in [0.3, 0.4) is 0 Å². The largest absolute Gasteiger partial charge is 0.495 e. The van der Waals surface area contributed by atoms with Gasteiger partial charge in [0.15, 0.2) is 0 Å². The van der Waals surface area contributed by atoms with Gasteiger partial charge in [-0.15, -0.1) is 11.8 Å². The number of nitrogens with one attached hydrogen (secondary N) is 1. The van der Waals surface area contributed by atoms with E-state index in [1.54, 1.807) is 25.3 Å². The number of amides is 1. The molecule has 5 heteroatoms. The monoisotopic (exact) mass is 321 g/mol. The van der Waals surface area contributed by atoms with Crippen molar-refractivity contribution in [2.24, 2.45) is 0 Å². The Morgan fingerprint density at radius 1 is 1.24 bits per heavy atom. The first-order valence-electron chi connectivity index (χ1n) is 6.41. The van der Waals surface area contributed by atoms with Crippen LogP contribution in [0, 0.1) is 6.92 Å². The van der Waals surface area contributed by atoms with Crippen LogP contribution in [0.25, 0.3) is 0 Å². The average molecular weight is 322 g/mol. The minimum Gasteiger partial charge on any atom is -0.495 e. The van der Waals surface area contributed by atoms with Gasteiger partial charge in [-0.3, -0.25) is 4.79 Å². The molecule has 0 aliphatic carbocycles. The second-order valence-electron chi connectivity index (χ2n) is 4.49. The minimum atomic E-state index is -0.0962. The van der Waals surface area contributed by atoms with Gasteiger partial charge >= 0.3 is 0 Å². The zero-order valence-electron chi connectivity index (χ0n) is 11.9. The summed E-state index contributed by atoms with van der Waals surface area (Å²) in [6.45, 7) is 2.03. The van der Waals surface area contributed by atoms with Crippen molar-refractivity contribution in [3.8, 4) is 5.75 Å². The van der Waals surface area contributed by atoms with Crippen molar-refractivity contribution in [2.75, 3.05) is 18.2 Å². The van der Waals surface area contributed by atoms with Crippen LogP contribution in [0.5, 0.6) is 5.75 Å². The molecule has 0 saturated carbocycles. The molecule has 0 spiro atoms. The van der Waals surface area contributed by atoms with Gasteiger partial charge in [-0.25, -0.2) is 0 Å². The molecule has 0 bridgehead atoms. The van der Waals surface area contributed by atoms with E-state index in [2.05, 4.69) is 5.32 Å². The number of halogens is 1. The average Bonchev–Trinajstić information content (AvgIpc) is 2.47. The lowest BCUT2D eigenvalue weighted by Gasteiger charge is -2.10. The molecule has 110 valence electrons. The second kappa shape index (κ2) is 7.38. The highest BCUT2D eigenvalue weighted by Crippen LogP contribution is 2.28. The first kappa shape index (κ1) is 15.7. The van der Waals surface area contributed by atoms with Crippen molar-refractivity contribution < 1.29 is 9.53 Å². The molecule has 2 rings (SSSR count). The fourth-order valence-electron chi connectivity index (χ4n) is 1.75. The van der Waals surface area contributed by atoms with Crippen molar-refractivity contribution in [1.82, 2.24) is 0 Å². The molecule has 0 heterocycles. The summed E-state index contributed by atoms with van der Waals surface area (Å²) in [5, 5.41) is 3.37. The summed E-state index contributed by atoms with van der Waals surface area (Å²) >= 11 is 7.42. The van der Waals surface area contributed by atoms with E-state index in [1.165, 1.54) is 17.3 Å². The summed E-state index contributed by atoms with van der Waals surface area (Å²) in [5.74, 6) is 0.827. The highest BCUT2D eigenvalue weighted by atomic mass is 35.5. The molecule has 0 radical (unpaired) electrons. The lowest BCUT2D eigenvalue weighted by Crippen LogP contribution is -2.14. The van der Waals surface area contributed by atoms with Gasteiger partial charge in [0.25, 0.3) is 0 Å². The van der Waals surface area contributed by atoms with Gasteiger partial charge in [0.2, 0.25) is 5.91 Å². The van der Waals surface area contributed by atoms with Crippen LogP contribution < -0.4 is 10.1 Å². The minimum absolute atomic E-state index is 0.0962. The van der Waals surface area contributed by atoms with Crippen LogP contribution in [0.1, 0.15) is 5.56 Å². The number of aryl methyl sites for hydroxylation is 1. The van der Waals surface area contributed by atoms with Crippen molar-refractivity contribution in [3.05, 3.63) is 53.1 Å². The lowest BCUT2D eigenvalue weighted by atomic mass is 10.2. The maximum atomic E-state index is 12.0. The van der Waals surface area contributed by atoms with Gasteiger partial charge < -0.3 is 10.1 Å². The Balaban J connectivity index is 1.95. The van der Waals surface area contributed by atoms with Crippen LogP contribution in [-0.4, -0.2) is 18.8 Å². The van der Waals surface area contributed by atoms with E-state index in [4.69, 9.17) is 16.3 Å². The molecule has 2 aromatic rings. The molecule has 3 nitrogen and oxygen atoms in total. The highest BCUT2D eigenvalue weighted by molar-refractivity contribution is 8.00. The van der Waals surface area contributed by atoms with E-state index >= 15 is 0 Å². The van der Waals surface area contributed by atoms with Gasteiger partial charge in [-0.2, -0.15) is 0 Å². The molecule has 1 N–H and O–H groups in total. The molecule has 0 atom stereocenters. The normalized spacial score (nSPS) is 10.2. The van der Waals surface area contributed by atoms with E-state index in [0.717, 1.165) is 4.90 Å². The van der Waals surface area contributed by atoms with Gasteiger partial charge in [0.1, 0.15) is 5.75 Å². The smallest absolute Gasteiger partial charge is 0.234 e. The summed E-state index contributed by atoms with van der Waals surface area (Å²) in [5.41, 5.74) is 1.78. The van der Waals surface area contributed by atoms with Crippen molar-refractivity contribution in [2.45, 2.75) is 11.8 Å². The first-order valence-corrected chi connectivity index (χ1v) is 7.77. The Bertz CT molecular complexity index is 629. The third-order valence-corrected chi connectivity index (χ3v) is 4.07. The predicted octanol–water partition coefficient (Wildman–Crippen LogP) is 4.39. The molecule has 0 aliphatic rings. The number of methoxy groups -OCH3 is 1. The molecule has 0 aromatic heterocycles. The molecule has 21 heavy (non-hydrogen) atoms. The van der Waals surface area contributed by atoms with E-state index in [9.17, 15) is 4.79 Å². The molecule has 2 aromatic carbocycles. The van der Waals surface area contributed by atoms with Crippen molar-refractivity contribution in [3.63, 3.8) is 0 Å². The third-order valence-electron chi connectivity index (χ3n) is 2.83. The Kier molecular flexibility index (Phi) is 5.53. The Morgan fingerprint density at radius 2 is 1.95 bits per heavy atom. The van der Waals surface area contributed by atoms with Crippen LogP contribution >= 0.6 is 23.4 Å². The van der Waals surface area contributed by atoms with Gasteiger partial charge in [0.05, 0.1) is 18.6 Å². The fourth-order valence-corrected chi connectivity index (χ4v) is 2.62. The number of ether oxygens (including phenoxy) is 1. The third kappa shape index (κ3) is 4.69. The van der Waals surface area contributed by atoms with E-state index < -0.39 is 0 Å². The van der Waals surface area contributed by atoms with Crippen LogP contribution in [0.2, 0.25) is 5.02 Å². The summed E-state index contributed by atoms with van der Waals surface area (Å²) in [7, 11) is 1.56. The quantitative estimate of drug-likeness (QED) is 0.830. The SMILES string of the molecule is COc1ccc(Cl)cc1NC(=O)CSc1ccc(C)cc1. The van der Waals surface area contributed by atoms with Crippen molar-refractivity contribution >= 4 is 35.0 Å². The summed E-state index contributed by atoms with van der Waals surface area (Å²) in [4.78, 5) is 13.1. The summed E-state index contributed by atoms with van der Waals surface area (Å²) in [6.07, 6.45) is 0. The molecule has 0 fully saturated rings. The molecule has 0 unspecified atom stereocenters. The van der Waals surface area contributed by atoms with Gasteiger partial charge in [-0.05, 0) is 37.3 Å². The van der Waals surface area contributed by atoms with Crippen LogP contribution in [-0.2, 0) is 4.79 Å². The number of carbonyl (C=O) groups is 1. The zero-order valence-corrected chi connectivity index (χ0v) is 13.4. The number of anilines is 1. The standard InChI is InChI=1S/C16H16ClNO2S/c1-11-3-6-13(7-4-11)21-10-16(19)18-14-9-12(17)5-8-15(14)20-2/h3-9H,10H2,1-2H3,(H,18,19). The highest BCUT2D eigenvalue weighted by Gasteiger charge is 2.08. The van der Waals surface area contributed by atoms with Crippen LogP contribution in [0.4, 0.5) is 5.69 Å². The van der Waals surface area contributed by atoms with Gasteiger partial charge in [-0.1, -0.05) is 29.3 Å². The summed E-state index contributed by atoms with van der Waals surface area (Å²) in [6, 6.07) is 13.2. The topological polar surface area (TPSA) is 38.3 Å². The zero-order chi connectivity index (χ0) is 15.2. The van der Waals surface area contributed by atoms with Gasteiger partial charge in [0, 0.05) is 9.92 Å². The first-order chi connectivity index (χ1) is 10.1. The van der Waals surface area contributed by atoms with E-state index in [0.29, 0.717) is 22.2 Å².